The number of carbonyl (C=O) groups excluding carboxylic acids is 1. The molecule has 2 aromatic heterocycles. The number of aryl methyl sites for hydroxylation is 1. The second kappa shape index (κ2) is 6.76. The van der Waals surface area contributed by atoms with Crippen molar-refractivity contribution in [1.82, 2.24) is 20.1 Å². The molecule has 0 aromatic carbocycles. The molecule has 0 atom stereocenters. The summed E-state index contributed by atoms with van der Waals surface area (Å²) in [4.78, 5) is 25.4. The van der Waals surface area contributed by atoms with Gasteiger partial charge in [-0.25, -0.2) is 9.89 Å². The van der Waals surface area contributed by atoms with E-state index in [1.807, 2.05) is 6.07 Å². The molecule has 1 amide bonds. The van der Waals surface area contributed by atoms with Gasteiger partial charge in [-0.15, -0.1) is 16.4 Å². The molecule has 0 aliphatic rings. The molecule has 20 heavy (non-hydrogen) atoms. The number of carbonyl (C=O) groups is 1. The largest absolute Gasteiger partial charge is 0.350 e. The Morgan fingerprint density at radius 3 is 2.85 bits per heavy atom. The Morgan fingerprint density at radius 1 is 1.50 bits per heavy atom. The van der Waals surface area contributed by atoms with Crippen LogP contribution in [0.15, 0.2) is 22.1 Å². The Hall–Kier alpha value is -1.54. The summed E-state index contributed by atoms with van der Waals surface area (Å²) in [5, 5.41) is 9.53. The van der Waals surface area contributed by atoms with Crippen LogP contribution in [0.25, 0.3) is 0 Å². The molecule has 0 spiro atoms. The Morgan fingerprint density at radius 2 is 2.25 bits per heavy atom. The lowest BCUT2D eigenvalue weighted by Gasteiger charge is -2.03. The smallest absolute Gasteiger partial charge is 0.343 e. The molecular weight excluding hydrogens is 296 g/mol. The number of rotatable bonds is 6. The van der Waals surface area contributed by atoms with Gasteiger partial charge in [-0.05, 0) is 18.6 Å². The highest BCUT2D eigenvalue weighted by molar-refractivity contribution is 7.99. The lowest BCUT2D eigenvalue weighted by molar-refractivity contribution is -0.118. The van der Waals surface area contributed by atoms with Crippen LogP contribution in [0.2, 0.25) is 0 Å². The van der Waals surface area contributed by atoms with E-state index in [1.165, 1.54) is 21.2 Å². The molecule has 108 valence electrons. The summed E-state index contributed by atoms with van der Waals surface area (Å²) in [6.45, 7) is 2.66. The van der Waals surface area contributed by atoms with E-state index in [4.69, 9.17) is 0 Å². The van der Waals surface area contributed by atoms with Gasteiger partial charge in [0.25, 0.3) is 0 Å². The van der Waals surface area contributed by atoms with Crippen molar-refractivity contribution in [2.45, 2.75) is 25.0 Å². The summed E-state index contributed by atoms with van der Waals surface area (Å²) >= 11 is 2.94. The lowest BCUT2D eigenvalue weighted by atomic mass is 10.3. The third-order valence-electron chi connectivity index (χ3n) is 2.70. The van der Waals surface area contributed by atoms with E-state index >= 15 is 0 Å². The van der Waals surface area contributed by atoms with E-state index in [0.717, 1.165) is 11.3 Å². The molecule has 0 saturated carbocycles. The third kappa shape index (κ3) is 3.73. The average molecular weight is 312 g/mol. The molecule has 0 saturated heterocycles. The summed E-state index contributed by atoms with van der Waals surface area (Å²) < 4.78 is 1.38. The van der Waals surface area contributed by atoms with Crippen molar-refractivity contribution in [3.63, 3.8) is 0 Å². The maximum absolute atomic E-state index is 11.7. The standard InChI is InChI=1S/C12H16N4O2S2/c1-3-8-4-5-9(20-8)6-13-10(17)7-19-12-15-14-11(18)16(12)2/h4-5H,3,6-7H2,1-2H3,(H,13,17)(H,14,18). The highest BCUT2D eigenvalue weighted by Gasteiger charge is 2.08. The average Bonchev–Trinajstić information content (AvgIpc) is 3.03. The van der Waals surface area contributed by atoms with Gasteiger partial charge >= 0.3 is 5.69 Å². The second-order valence-corrected chi connectivity index (χ2v) is 6.35. The third-order valence-corrected chi connectivity index (χ3v) is 4.96. The summed E-state index contributed by atoms with van der Waals surface area (Å²) in [6.07, 6.45) is 1.02. The summed E-state index contributed by atoms with van der Waals surface area (Å²) in [7, 11) is 1.62. The maximum Gasteiger partial charge on any atom is 0.343 e. The van der Waals surface area contributed by atoms with Gasteiger partial charge in [0.1, 0.15) is 0 Å². The molecule has 2 aromatic rings. The van der Waals surface area contributed by atoms with Gasteiger partial charge in [0.15, 0.2) is 5.16 Å². The molecule has 0 aliphatic heterocycles. The van der Waals surface area contributed by atoms with Crippen molar-refractivity contribution in [2.24, 2.45) is 7.05 Å². The van der Waals surface area contributed by atoms with Crippen molar-refractivity contribution in [1.29, 1.82) is 0 Å². The zero-order valence-electron chi connectivity index (χ0n) is 11.3. The molecule has 2 heterocycles. The van der Waals surface area contributed by atoms with E-state index in [0.29, 0.717) is 11.7 Å². The van der Waals surface area contributed by atoms with Crippen LogP contribution in [0.5, 0.6) is 0 Å². The van der Waals surface area contributed by atoms with Crippen LogP contribution in [0.4, 0.5) is 0 Å². The van der Waals surface area contributed by atoms with Gasteiger partial charge in [-0.3, -0.25) is 9.36 Å². The summed E-state index contributed by atoms with van der Waals surface area (Å²) in [5.74, 6) is 0.168. The second-order valence-electron chi connectivity index (χ2n) is 4.16. The maximum atomic E-state index is 11.7. The number of thioether (sulfide) groups is 1. The number of hydrogen-bond acceptors (Lipinski definition) is 5. The van der Waals surface area contributed by atoms with Gasteiger partial charge in [-0.2, -0.15) is 0 Å². The number of H-pyrrole nitrogens is 1. The van der Waals surface area contributed by atoms with Gasteiger partial charge < -0.3 is 5.32 Å². The molecule has 8 heteroatoms. The first-order valence-corrected chi connectivity index (χ1v) is 7.99. The van der Waals surface area contributed by atoms with Crippen LogP contribution in [-0.2, 0) is 24.8 Å². The Bertz CT molecular complexity index is 644. The molecule has 0 fully saturated rings. The molecule has 0 unspecified atom stereocenters. The predicted octanol–water partition coefficient (Wildman–Crippen LogP) is 1.14. The van der Waals surface area contributed by atoms with Crippen LogP contribution in [-0.4, -0.2) is 26.4 Å². The first kappa shape index (κ1) is 14.9. The van der Waals surface area contributed by atoms with Gasteiger partial charge in [0.05, 0.1) is 12.3 Å². The fourth-order valence-electron chi connectivity index (χ4n) is 1.54. The van der Waals surface area contributed by atoms with Crippen molar-refractivity contribution in [2.75, 3.05) is 5.75 Å². The number of aromatic nitrogens is 3. The molecule has 0 radical (unpaired) electrons. The Labute approximate surface area is 124 Å². The van der Waals surface area contributed by atoms with Crippen molar-refractivity contribution < 1.29 is 4.79 Å². The van der Waals surface area contributed by atoms with Crippen LogP contribution >= 0.6 is 23.1 Å². The van der Waals surface area contributed by atoms with Crippen molar-refractivity contribution in [3.05, 3.63) is 32.4 Å². The Kier molecular flexibility index (Phi) is 5.02. The number of hydrogen-bond donors (Lipinski definition) is 2. The van der Waals surface area contributed by atoms with Crippen LogP contribution < -0.4 is 11.0 Å². The fraction of sp³-hybridized carbons (Fsp3) is 0.417. The highest BCUT2D eigenvalue weighted by Crippen LogP contribution is 2.16. The first-order chi connectivity index (χ1) is 9.60. The minimum atomic E-state index is -0.279. The van der Waals surface area contributed by atoms with Crippen LogP contribution in [0, 0.1) is 0 Å². The number of amides is 1. The predicted molar refractivity (Wildman–Crippen MR) is 80.1 cm³/mol. The van der Waals surface area contributed by atoms with E-state index in [2.05, 4.69) is 28.5 Å². The zero-order valence-corrected chi connectivity index (χ0v) is 12.9. The molecular formula is C12H16N4O2S2. The van der Waals surface area contributed by atoms with Gasteiger partial charge in [-0.1, -0.05) is 18.7 Å². The monoisotopic (exact) mass is 312 g/mol. The lowest BCUT2D eigenvalue weighted by Crippen LogP contribution is -2.24. The number of nitrogens with zero attached hydrogens (tertiary/aromatic N) is 2. The SMILES string of the molecule is CCc1ccc(CNC(=O)CSc2n[nH]c(=O)n2C)s1. The summed E-state index contributed by atoms with van der Waals surface area (Å²) in [5.41, 5.74) is -0.279. The molecule has 0 bridgehead atoms. The quantitative estimate of drug-likeness (QED) is 0.784. The summed E-state index contributed by atoms with van der Waals surface area (Å²) in [6, 6.07) is 4.12. The van der Waals surface area contributed by atoms with E-state index in [1.54, 1.807) is 18.4 Å². The van der Waals surface area contributed by atoms with E-state index in [9.17, 15) is 9.59 Å². The molecule has 2 N–H and O–H groups in total. The number of aromatic amines is 1. The number of thiophene rings is 1. The number of nitrogens with one attached hydrogen (secondary N) is 2. The van der Waals surface area contributed by atoms with E-state index in [-0.39, 0.29) is 17.3 Å². The van der Waals surface area contributed by atoms with Crippen molar-refractivity contribution >= 4 is 29.0 Å². The molecule has 0 aliphatic carbocycles. The minimum absolute atomic E-state index is 0.0723. The van der Waals surface area contributed by atoms with Crippen molar-refractivity contribution in [3.8, 4) is 0 Å². The fourth-order valence-corrected chi connectivity index (χ4v) is 3.18. The molecule has 6 nitrogen and oxygen atoms in total. The van der Waals surface area contributed by atoms with Crippen LogP contribution in [0.1, 0.15) is 16.7 Å². The first-order valence-electron chi connectivity index (χ1n) is 6.18. The van der Waals surface area contributed by atoms with Gasteiger partial charge in [0, 0.05) is 16.8 Å². The molecule has 2 rings (SSSR count). The normalized spacial score (nSPS) is 10.7. The zero-order chi connectivity index (χ0) is 14.5. The minimum Gasteiger partial charge on any atom is -0.350 e. The van der Waals surface area contributed by atoms with E-state index < -0.39 is 0 Å². The highest BCUT2D eigenvalue weighted by atomic mass is 32.2. The Balaban J connectivity index is 1.78. The van der Waals surface area contributed by atoms with Crippen LogP contribution in [0.3, 0.4) is 0 Å². The van der Waals surface area contributed by atoms with Gasteiger partial charge in [0.2, 0.25) is 5.91 Å². The topological polar surface area (TPSA) is 79.8 Å².